The minimum absolute atomic E-state index is 0.0390. The van der Waals surface area contributed by atoms with Crippen molar-refractivity contribution in [3.05, 3.63) is 0 Å². The number of carbonyl (C=O) groups excluding carboxylic acids is 2. The highest BCUT2D eigenvalue weighted by atomic mass is 16.4. The highest BCUT2D eigenvalue weighted by Gasteiger charge is 2.36. The van der Waals surface area contributed by atoms with Gasteiger partial charge in [-0.1, -0.05) is 13.8 Å². The molecule has 0 spiro atoms. The van der Waals surface area contributed by atoms with Gasteiger partial charge in [-0.25, -0.2) is 4.79 Å². The van der Waals surface area contributed by atoms with Gasteiger partial charge in [-0.15, -0.1) is 0 Å². The van der Waals surface area contributed by atoms with Crippen LogP contribution in [0.5, 0.6) is 0 Å². The maximum atomic E-state index is 12.0. The minimum atomic E-state index is -1.32. The van der Waals surface area contributed by atoms with Crippen molar-refractivity contribution >= 4 is 17.8 Å². The quantitative estimate of drug-likeness (QED) is 0.600. The molecule has 0 heterocycles. The number of aliphatic carboxylic acids is 1. The zero-order valence-electron chi connectivity index (χ0n) is 12.8. The van der Waals surface area contributed by atoms with Crippen molar-refractivity contribution in [3.63, 3.8) is 0 Å². The summed E-state index contributed by atoms with van der Waals surface area (Å²) in [6, 6.07) is -0.689. The molecule has 0 saturated carbocycles. The maximum Gasteiger partial charge on any atom is 0.329 e. The molecule has 1 atom stereocenters. The molecule has 0 saturated heterocycles. The fourth-order valence-corrected chi connectivity index (χ4v) is 1.68. The fourth-order valence-electron chi connectivity index (χ4n) is 1.68. The Labute approximate surface area is 119 Å². The predicted molar refractivity (Wildman–Crippen MR) is 74.9 cm³/mol. The first-order chi connectivity index (χ1) is 9.05. The number of rotatable bonds is 7. The Bertz CT molecular complexity index is 380. The SMILES string of the molecule is CCN(C(=O)CNC(=O)[C@@H](N)C(C)C)C(C)(C)C(=O)O. The smallest absolute Gasteiger partial charge is 0.329 e. The fraction of sp³-hybridized carbons (Fsp3) is 0.769. The van der Waals surface area contributed by atoms with Crippen LogP contribution in [0.25, 0.3) is 0 Å². The standard InChI is InChI=1S/C13H25N3O4/c1-6-16(13(4,5)12(19)20)9(17)7-15-11(18)10(14)8(2)3/h8,10H,6-7,14H2,1-5H3,(H,15,18)(H,19,20)/t10-/m0/s1. The summed E-state index contributed by atoms with van der Waals surface area (Å²) in [4.78, 5) is 36.1. The third kappa shape index (κ3) is 4.48. The molecule has 0 unspecified atom stereocenters. The minimum Gasteiger partial charge on any atom is -0.480 e. The van der Waals surface area contributed by atoms with Gasteiger partial charge in [0.05, 0.1) is 12.6 Å². The maximum absolute atomic E-state index is 12.0. The van der Waals surface area contributed by atoms with Gasteiger partial charge in [-0.2, -0.15) is 0 Å². The van der Waals surface area contributed by atoms with E-state index in [1.807, 2.05) is 0 Å². The van der Waals surface area contributed by atoms with Crippen LogP contribution >= 0.6 is 0 Å². The molecule has 0 fully saturated rings. The summed E-state index contributed by atoms with van der Waals surface area (Å²) in [7, 11) is 0. The largest absolute Gasteiger partial charge is 0.480 e. The predicted octanol–water partition coefficient (Wildman–Crippen LogP) is -0.202. The van der Waals surface area contributed by atoms with Crippen LogP contribution in [0.1, 0.15) is 34.6 Å². The molecule has 2 amide bonds. The molecule has 0 aliphatic heterocycles. The zero-order valence-corrected chi connectivity index (χ0v) is 12.8. The highest BCUT2D eigenvalue weighted by molar-refractivity contribution is 5.90. The number of carboxylic acids is 1. The van der Waals surface area contributed by atoms with Crippen LogP contribution in [-0.4, -0.2) is 52.5 Å². The third-order valence-corrected chi connectivity index (χ3v) is 3.25. The zero-order chi connectivity index (χ0) is 16.1. The number of nitrogens with one attached hydrogen (secondary N) is 1. The van der Waals surface area contributed by atoms with Crippen molar-refractivity contribution in [3.8, 4) is 0 Å². The lowest BCUT2D eigenvalue weighted by molar-refractivity contribution is -0.156. The Morgan fingerprint density at radius 3 is 2.15 bits per heavy atom. The van der Waals surface area contributed by atoms with E-state index in [4.69, 9.17) is 10.8 Å². The van der Waals surface area contributed by atoms with E-state index in [9.17, 15) is 14.4 Å². The Morgan fingerprint density at radius 2 is 1.80 bits per heavy atom. The Kier molecular flexibility index (Phi) is 6.64. The van der Waals surface area contributed by atoms with Gasteiger partial charge >= 0.3 is 5.97 Å². The topological polar surface area (TPSA) is 113 Å². The molecule has 0 radical (unpaired) electrons. The number of likely N-dealkylation sites (N-methyl/N-ethyl adjacent to an activating group) is 1. The molecular formula is C13H25N3O4. The molecular weight excluding hydrogens is 262 g/mol. The van der Waals surface area contributed by atoms with Crippen molar-refractivity contribution in [2.75, 3.05) is 13.1 Å². The number of nitrogens with two attached hydrogens (primary N) is 1. The summed E-state index contributed by atoms with van der Waals surface area (Å²) in [5.41, 5.74) is 4.34. The normalized spacial score (nSPS) is 12.9. The summed E-state index contributed by atoms with van der Waals surface area (Å²) in [6.45, 7) is 8.16. The van der Waals surface area contributed by atoms with E-state index in [0.717, 1.165) is 0 Å². The summed E-state index contributed by atoms with van der Waals surface area (Å²) >= 11 is 0. The second-order valence-electron chi connectivity index (χ2n) is 5.49. The first kappa shape index (κ1) is 18.4. The third-order valence-electron chi connectivity index (χ3n) is 3.25. The molecule has 20 heavy (non-hydrogen) atoms. The van der Waals surface area contributed by atoms with E-state index in [0.29, 0.717) is 0 Å². The van der Waals surface area contributed by atoms with Gasteiger partial charge in [0.1, 0.15) is 5.54 Å². The first-order valence-corrected chi connectivity index (χ1v) is 6.62. The van der Waals surface area contributed by atoms with Gasteiger partial charge in [0.25, 0.3) is 0 Å². The number of amides is 2. The van der Waals surface area contributed by atoms with Gasteiger partial charge < -0.3 is 21.1 Å². The van der Waals surface area contributed by atoms with E-state index in [1.54, 1.807) is 20.8 Å². The number of carbonyl (C=O) groups is 3. The van der Waals surface area contributed by atoms with Crippen LogP contribution in [0.4, 0.5) is 0 Å². The Balaban J connectivity index is 4.68. The van der Waals surface area contributed by atoms with Crippen molar-refractivity contribution in [2.45, 2.75) is 46.2 Å². The van der Waals surface area contributed by atoms with Crippen LogP contribution in [0.3, 0.4) is 0 Å². The molecule has 0 aliphatic rings. The summed E-state index contributed by atoms with van der Waals surface area (Å²) < 4.78 is 0. The van der Waals surface area contributed by atoms with Crippen LogP contribution < -0.4 is 11.1 Å². The van der Waals surface area contributed by atoms with E-state index < -0.39 is 29.4 Å². The van der Waals surface area contributed by atoms with Crippen LogP contribution in [0.15, 0.2) is 0 Å². The molecule has 4 N–H and O–H groups in total. The van der Waals surface area contributed by atoms with Crippen LogP contribution in [0.2, 0.25) is 0 Å². The highest BCUT2D eigenvalue weighted by Crippen LogP contribution is 2.14. The second-order valence-corrected chi connectivity index (χ2v) is 5.49. The van der Waals surface area contributed by atoms with Gasteiger partial charge in [0.15, 0.2) is 0 Å². The molecule has 7 heteroatoms. The molecule has 0 aromatic heterocycles. The molecule has 0 aromatic rings. The van der Waals surface area contributed by atoms with Crippen LogP contribution in [-0.2, 0) is 14.4 Å². The number of nitrogens with zero attached hydrogens (tertiary/aromatic N) is 1. The second kappa shape index (κ2) is 7.23. The number of carboxylic acid groups (broad SMARTS) is 1. The number of hydrogen-bond acceptors (Lipinski definition) is 4. The van der Waals surface area contributed by atoms with Gasteiger partial charge in [-0.3, -0.25) is 9.59 Å². The monoisotopic (exact) mass is 287 g/mol. The summed E-state index contributed by atoms with van der Waals surface area (Å²) in [5, 5.41) is 11.6. The van der Waals surface area contributed by atoms with Gasteiger partial charge in [0.2, 0.25) is 11.8 Å². The molecule has 0 aromatic carbocycles. The van der Waals surface area contributed by atoms with Crippen molar-refractivity contribution in [2.24, 2.45) is 11.7 Å². The van der Waals surface area contributed by atoms with E-state index in [-0.39, 0.29) is 19.0 Å². The molecule has 0 aliphatic carbocycles. The molecule has 0 bridgehead atoms. The summed E-state index contributed by atoms with van der Waals surface area (Å²) in [6.07, 6.45) is 0. The lowest BCUT2D eigenvalue weighted by atomic mass is 10.0. The Morgan fingerprint density at radius 1 is 1.30 bits per heavy atom. The lowest BCUT2D eigenvalue weighted by Gasteiger charge is -2.34. The van der Waals surface area contributed by atoms with Crippen molar-refractivity contribution in [1.29, 1.82) is 0 Å². The van der Waals surface area contributed by atoms with Crippen molar-refractivity contribution in [1.82, 2.24) is 10.2 Å². The van der Waals surface area contributed by atoms with Crippen molar-refractivity contribution < 1.29 is 19.5 Å². The van der Waals surface area contributed by atoms with E-state index >= 15 is 0 Å². The van der Waals surface area contributed by atoms with E-state index in [1.165, 1.54) is 18.7 Å². The molecule has 116 valence electrons. The number of hydrogen-bond donors (Lipinski definition) is 3. The van der Waals surface area contributed by atoms with E-state index in [2.05, 4.69) is 5.32 Å². The van der Waals surface area contributed by atoms with Gasteiger partial charge in [0, 0.05) is 6.54 Å². The van der Waals surface area contributed by atoms with Crippen LogP contribution in [0, 0.1) is 5.92 Å². The average Bonchev–Trinajstić information content (AvgIpc) is 2.34. The Hall–Kier alpha value is -1.63. The lowest BCUT2D eigenvalue weighted by Crippen LogP contribution is -2.56. The molecule has 0 rings (SSSR count). The molecule has 7 nitrogen and oxygen atoms in total. The van der Waals surface area contributed by atoms with Gasteiger partial charge in [-0.05, 0) is 26.7 Å². The average molecular weight is 287 g/mol. The first-order valence-electron chi connectivity index (χ1n) is 6.62. The summed E-state index contributed by atoms with van der Waals surface area (Å²) in [5.74, 6) is -2.01.